The van der Waals surface area contributed by atoms with Crippen molar-refractivity contribution in [3.05, 3.63) is 11.1 Å². The van der Waals surface area contributed by atoms with E-state index in [0.717, 1.165) is 19.0 Å². The van der Waals surface area contributed by atoms with Gasteiger partial charge in [-0.15, -0.1) is 11.3 Å². The monoisotopic (exact) mass is 253 g/mol. The summed E-state index contributed by atoms with van der Waals surface area (Å²) in [4.78, 5) is 8.17. The van der Waals surface area contributed by atoms with Crippen molar-refractivity contribution in [3.63, 3.8) is 0 Å². The summed E-state index contributed by atoms with van der Waals surface area (Å²) in [6, 6.07) is 0. The van der Waals surface area contributed by atoms with Gasteiger partial charge in [0.05, 0.1) is 0 Å². The first-order valence-corrected chi connectivity index (χ1v) is 7.47. The number of aromatic nitrogens is 1. The van der Waals surface area contributed by atoms with E-state index < -0.39 is 0 Å². The second kappa shape index (κ2) is 6.36. The molecule has 1 heterocycles. The van der Waals surface area contributed by atoms with E-state index in [1.54, 1.807) is 0 Å². The average Bonchev–Trinajstić information content (AvgIpc) is 2.72. The van der Waals surface area contributed by atoms with Crippen LogP contribution in [-0.4, -0.2) is 25.1 Å². The van der Waals surface area contributed by atoms with Crippen molar-refractivity contribution in [1.82, 2.24) is 10.3 Å². The van der Waals surface area contributed by atoms with Gasteiger partial charge in [-0.2, -0.15) is 0 Å². The van der Waals surface area contributed by atoms with E-state index >= 15 is 0 Å². The molecule has 4 heteroatoms. The summed E-state index contributed by atoms with van der Waals surface area (Å²) < 4.78 is 0. The third kappa shape index (κ3) is 3.68. The van der Waals surface area contributed by atoms with Gasteiger partial charge < -0.3 is 10.2 Å². The SMILES string of the molecule is CCCNCc1cnc(N(C)CC2CCC2)s1. The van der Waals surface area contributed by atoms with Crippen LogP contribution < -0.4 is 10.2 Å². The minimum Gasteiger partial charge on any atom is -0.351 e. The Hall–Kier alpha value is -0.610. The molecule has 96 valence electrons. The molecule has 1 N–H and O–H groups in total. The predicted molar refractivity (Wildman–Crippen MR) is 74.7 cm³/mol. The quantitative estimate of drug-likeness (QED) is 0.757. The first kappa shape index (κ1) is 12.8. The van der Waals surface area contributed by atoms with Crippen molar-refractivity contribution < 1.29 is 0 Å². The Morgan fingerprint density at radius 3 is 3.00 bits per heavy atom. The van der Waals surface area contributed by atoms with Crippen LogP contribution in [0.4, 0.5) is 5.13 Å². The summed E-state index contributed by atoms with van der Waals surface area (Å²) in [6.45, 7) is 5.42. The van der Waals surface area contributed by atoms with Crippen molar-refractivity contribution in [2.75, 3.05) is 25.0 Å². The topological polar surface area (TPSA) is 28.2 Å². The molecule has 0 aliphatic heterocycles. The molecular formula is C13H23N3S. The molecule has 0 saturated heterocycles. The van der Waals surface area contributed by atoms with Crippen LogP contribution in [0.15, 0.2) is 6.20 Å². The fourth-order valence-electron chi connectivity index (χ4n) is 2.08. The molecular weight excluding hydrogens is 230 g/mol. The van der Waals surface area contributed by atoms with E-state index in [1.807, 2.05) is 17.5 Å². The van der Waals surface area contributed by atoms with Gasteiger partial charge in [0.15, 0.2) is 5.13 Å². The molecule has 0 unspecified atom stereocenters. The highest BCUT2D eigenvalue weighted by Gasteiger charge is 2.20. The lowest BCUT2D eigenvalue weighted by Gasteiger charge is -2.29. The maximum absolute atomic E-state index is 4.51. The Labute approximate surface area is 108 Å². The number of thiazole rings is 1. The molecule has 1 saturated carbocycles. The molecule has 1 aromatic rings. The van der Waals surface area contributed by atoms with Gasteiger partial charge >= 0.3 is 0 Å². The second-order valence-electron chi connectivity index (χ2n) is 4.96. The minimum absolute atomic E-state index is 0.908. The van der Waals surface area contributed by atoms with Gasteiger partial charge in [0.1, 0.15) is 0 Å². The normalized spacial score (nSPS) is 15.9. The standard InChI is InChI=1S/C13H23N3S/c1-3-7-14-8-12-9-15-13(17-12)16(2)10-11-5-4-6-11/h9,11,14H,3-8,10H2,1-2H3. The summed E-state index contributed by atoms with van der Waals surface area (Å²) in [6.07, 6.45) is 7.43. The first-order valence-electron chi connectivity index (χ1n) is 6.66. The largest absolute Gasteiger partial charge is 0.351 e. The maximum Gasteiger partial charge on any atom is 0.185 e. The number of rotatable bonds is 7. The summed E-state index contributed by atoms with van der Waals surface area (Å²) in [7, 11) is 2.17. The highest BCUT2D eigenvalue weighted by Crippen LogP contribution is 2.29. The van der Waals surface area contributed by atoms with E-state index in [0.29, 0.717) is 0 Å². The van der Waals surface area contributed by atoms with Crippen molar-refractivity contribution in [3.8, 4) is 0 Å². The molecule has 1 aliphatic rings. The molecule has 1 fully saturated rings. The van der Waals surface area contributed by atoms with Gasteiger partial charge in [-0.05, 0) is 31.7 Å². The van der Waals surface area contributed by atoms with Crippen LogP contribution in [-0.2, 0) is 6.54 Å². The second-order valence-corrected chi connectivity index (χ2v) is 6.06. The summed E-state index contributed by atoms with van der Waals surface area (Å²) in [5.74, 6) is 0.908. The summed E-state index contributed by atoms with van der Waals surface area (Å²) in [5, 5.41) is 4.59. The van der Waals surface area contributed by atoms with Crippen LogP contribution in [0.3, 0.4) is 0 Å². The zero-order valence-electron chi connectivity index (χ0n) is 10.9. The molecule has 0 atom stereocenters. The third-order valence-electron chi connectivity index (χ3n) is 3.35. The Morgan fingerprint density at radius 1 is 1.53 bits per heavy atom. The third-order valence-corrected chi connectivity index (χ3v) is 4.46. The molecule has 0 spiro atoms. The Bertz CT molecular complexity index is 333. The highest BCUT2D eigenvalue weighted by molar-refractivity contribution is 7.15. The van der Waals surface area contributed by atoms with Crippen LogP contribution in [0.2, 0.25) is 0 Å². The van der Waals surface area contributed by atoms with Gasteiger partial charge in [0.2, 0.25) is 0 Å². The lowest BCUT2D eigenvalue weighted by atomic mass is 9.85. The maximum atomic E-state index is 4.51. The van der Waals surface area contributed by atoms with Crippen LogP contribution in [0, 0.1) is 5.92 Å². The minimum atomic E-state index is 0.908. The molecule has 0 aromatic carbocycles. The molecule has 0 bridgehead atoms. The first-order chi connectivity index (χ1) is 8.29. The van der Waals surface area contributed by atoms with Gasteiger partial charge in [-0.3, -0.25) is 0 Å². The molecule has 2 rings (SSSR count). The molecule has 17 heavy (non-hydrogen) atoms. The van der Waals surface area contributed by atoms with Gasteiger partial charge in [-0.1, -0.05) is 13.3 Å². The lowest BCUT2D eigenvalue weighted by Crippen LogP contribution is -2.29. The summed E-state index contributed by atoms with van der Waals surface area (Å²) >= 11 is 1.82. The Kier molecular flexibility index (Phi) is 4.80. The van der Waals surface area contributed by atoms with E-state index in [1.165, 1.54) is 42.2 Å². The number of nitrogens with one attached hydrogen (secondary N) is 1. The summed E-state index contributed by atoms with van der Waals surface area (Å²) in [5.41, 5.74) is 0. The Morgan fingerprint density at radius 2 is 2.35 bits per heavy atom. The van der Waals surface area contributed by atoms with Gasteiger partial charge in [0.25, 0.3) is 0 Å². The van der Waals surface area contributed by atoms with Crippen LogP contribution in [0.1, 0.15) is 37.5 Å². The van der Waals surface area contributed by atoms with E-state index in [4.69, 9.17) is 0 Å². The smallest absolute Gasteiger partial charge is 0.185 e. The van der Waals surface area contributed by atoms with E-state index in [2.05, 4.69) is 29.2 Å². The molecule has 1 aliphatic carbocycles. The fourth-order valence-corrected chi connectivity index (χ4v) is 2.93. The number of hydrogen-bond acceptors (Lipinski definition) is 4. The van der Waals surface area contributed by atoms with E-state index in [-0.39, 0.29) is 0 Å². The number of nitrogens with zero attached hydrogens (tertiary/aromatic N) is 2. The molecule has 0 radical (unpaired) electrons. The van der Waals surface area contributed by atoms with Crippen molar-refractivity contribution >= 4 is 16.5 Å². The molecule has 3 nitrogen and oxygen atoms in total. The zero-order chi connectivity index (χ0) is 12.1. The Balaban J connectivity index is 1.79. The van der Waals surface area contributed by atoms with Crippen molar-refractivity contribution in [2.45, 2.75) is 39.2 Å². The average molecular weight is 253 g/mol. The molecule has 0 amide bonds. The lowest BCUT2D eigenvalue weighted by molar-refractivity contribution is 0.321. The van der Waals surface area contributed by atoms with Gasteiger partial charge in [-0.25, -0.2) is 4.98 Å². The van der Waals surface area contributed by atoms with Crippen molar-refractivity contribution in [1.29, 1.82) is 0 Å². The zero-order valence-corrected chi connectivity index (χ0v) is 11.7. The predicted octanol–water partition coefficient (Wildman–Crippen LogP) is 2.88. The van der Waals surface area contributed by atoms with Crippen molar-refractivity contribution in [2.24, 2.45) is 5.92 Å². The number of anilines is 1. The van der Waals surface area contributed by atoms with Crippen LogP contribution in [0.5, 0.6) is 0 Å². The van der Waals surface area contributed by atoms with Crippen LogP contribution >= 0.6 is 11.3 Å². The highest BCUT2D eigenvalue weighted by atomic mass is 32.1. The number of hydrogen-bond donors (Lipinski definition) is 1. The molecule has 1 aromatic heterocycles. The fraction of sp³-hybridized carbons (Fsp3) is 0.769. The van der Waals surface area contributed by atoms with Crippen LogP contribution in [0.25, 0.3) is 0 Å². The van der Waals surface area contributed by atoms with E-state index in [9.17, 15) is 0 Å². The van der Waals surface area contributed by atoms with Gasteiger partial charge in [0, 0.05) is 31.2 Å².